The molecule has 0 fully saturated rings. The average molecular weight is 256 g/mol. The van der Waals surface area contributed by atoms with Gasteiger partial charge in [-0.2, -0.15) is 18.3 Å². The predicted molar refractivity (Wildman–Crippen MR) is 58.5 cm³/mol. The molecule has 0 aromatic carbocycles. The highest BCUT2D eigenvalue weighted by Crippen LogP contribution is 2.28. The van der Waals surface area contributed by atoms with E-state index in [1.807, 2.05) is 0 Å². The van der Waals surface area contributed by atoms with Crippen LogP contribution in [0.1, 0.15) is 17.0 Å². The summed E-state index contributed by atoms with van der Waals surface area (Å²) in [4.78, 5) is 4.19. The minimum absolute atomic E-state index is 0.184. The van der Waals surface area contributed by atoms with Crippen molar-refractivity contribution in [3.8, 4) is 0 Å². The van der Waals surface area contributed by atoms with E-state index in [1.54, 1.807) is 18.2 Å². The number of aromatic nitrogens is 3. The molecule has 0 unspecified atom stereocenters. The van der Waals surface area contributed by atoms with E-state index in [0.29, 0.717) is 17.9 Å². The maximum atomic E-state index is 12.4. The van der Waals surface area contributed by atoms with Crippen molar-refractivity contribution >= 4 is 0 Å². The molecular formula is C11H11F3N4. The van der Waals surface area contributed by atoms with Gasteiger partial charge in [0.1, 0.15) is 0 Å². The lowest BCUT2D eigenvalue weighted by Gasteiger charge is -2.03. The van der Waals surface area contributed by atoms with E-state index in [2.05, 4.69) is 10.1 Å². The van der Waals surface area contributed by atoms with Crippen LogP contribution >= 0.6 is 0 Å². The SMILES string of the molecule is NCc1cccc(Cn2cc(C(F)(F)F)cn2)n1. The van der Waals surface area contributed by atoms with Crippen molar-refractivity contribution in [2.75, 3.05) is 0 Å². The van der Waals surface area contributed by atoms with Gasteiger partial charge in [0.05, 0.1) is 29.7 Å². The minimum atomic E-state index is -4.37. The van der Waals surface area contributed by atoms with Gasteiger partial charge in [-0.3, -0.25) is 9.67 Å². The maximum Gasteiger partial charge on any atom is 0.419 e. The van der Waals surface area contributed by atoms with Crippen LogP contribution < -0.4 is 5.73 Å². The van der Waals surface area contributed by atoms with Crippen LogP contribution in [0.4, 0.5) is 13.2 Å². The standard InChI is InChI=1S/C11H11F3N4/c12-11(13,14)8-5-16-18(6-8)7-10-3-1-2-9(4-15)17-10/h1-3,5-6H,4,7,15H2. The summed E-state index contributed by atoms with van der Waals surface area (Å²) in [6, 6.07) is 5.24. The second-order valence-corrected chi connectivity index (χ2v) is 3.75. The van der Waals surface area contributed by atoms with Crippen LogP contribution in [0.15, 0.2) is 30.6 Å². The summed E-state index contributed by atoms with van der Waals surface area (Å²) in [6.07, 6.45) is -2.62. The van der Waals surface area contributed by atoms with Gasteiger partial charge >= 0.3 is 6.18 Å². The summed E-state index contributed by atoms with van der Waals surface area (Å²) in [5.41, 5.74) is 5.98. The molecule has 18 heavy (non-hydrogen) atoms. The van der Waals surface area contributed by atoms with E-state index < -0.39 is 11.7 Å². The molecule has 7 heteroatoms. The lowest BCUT2D eigenvalue weighted by molar-refractivity contribution is -0.137. The molecule has 0 bridgehead atoms. The zero-order valence-corrected chi connectivity index (χ0v) is 9.35. The molecule has 2 aromatic rings. The monoisotopic (exact) mass is 256 g/mol. The fraction of sp³-hybridized carbons (Fsp3) is 0.273. The summed E-state index contributed by atoms with van der Waals surface area (Å²) in [5, 5.41) is 3.66. The number of pyridine rings is 1. The summed E-state index contributed by atoms with van der Waals surface area (Å²) in [5.74, 6) is 0. The third-order valence-electron chi connectivity index (χ3n) is 2.36. The summed E-state index contributed by atoms with van der Waals surface area (Å²) in [7, 11) is 0. The molecule has 0 saturated carbocycles. The molecule has 2 heterocycles. The Morgan fingerprint density at radius 1 is 1.22 bits per heavy atom. The fourth-order valence-electron chi connectivity index (χ4n) is 1.49. The number of alkyl halides is 3. The predicted octanol–water partition coefficient (Wildman–Crippen LogP) is 1.80. The lowest BCUT2D eigenvalue weighted by atomic mass is 10.3. The molecular weight excluding hydrogens is 245 g/mol. The Hall–Kier alpha value is -1.89. The first-order chi connectivity index (χ1) is 8.49. The number of hydrogen-bond acceptors (Lipinski definition) is 3. The van der Waals surface area contributed by atoms with Gasteiger partial charge in [0.15, 0.2) is 0 Å². The van der Waals surface area contributed by atoms with E-state index in [4.69, 9.17) is 5.73 Å². The number of hydrogen-bond donors (Lipinski definition) is 1. The van der Waals surface area contributed by atoms with Crippen LogP contribution in [0, 0.1) is 0 Å². The van der Waals surface area contributed by atoms with Crippen LogP contribution in [0.2, 0.25) is 0 Å². The van der Waals surface area contributed by atoms with E-state index in [-0.39, 0.29) is 6.54 Å². The quantitative estimate of drug-likeness (QED) is 0.911. The van der Waals surface area contributed by atoms with Crippen LogP contribution in [-0.4, -0.2) is 14.8 Å². The Labute approximate surface area is 101 Å². The first-order valence-corrected chi connectivity index (χ1v) is 5.23. The molecule has 0 radical (unpaired) electrons. The Balaban J connectivity index is 2.16. The Bertz CT molecular complexity index is 533. The number of nitrogens with zero attached hydrogens (tertiary/aromatic N) is 3. The van der Waals surface area contributed by atoms with Crippen LogP contribution in [0.3, 0.4) is 0 Å². The van der Waals surface area contributed by atoms with Crippen LogP contribution in [-0.2, 0) is 19.3 Å². The molecule has 2 N–H and O–H groups in total. The molecule has 0 saturated heterocycles. The van der Waals surface area contributed by atoms with Gasteiger partial charge in [-0.15, -0.1) is 0 Å². The molecule has 0 spiro atoms. The van der Waals surface area contributed by atoms with E-state index in [1.165, 1.54) is 4.68 Å². The highest BCUT2D eigenvalue weighted by Gasteiger charge is 2.32. The molecule has 2 aromatic heterocycles. The molecule has 0 atom stereocenters. The van der Waals surface area contributed by atoms with Crippen molar-refractivity contribution in [3.05, 3.63) is 47.5 Å². The normalized spacial score (nSPS) is 11.8. The highest BCUT2D eigenvalue weighted by molar-refractivity contribution is 5.13. The van der Waals surface area contributed by atoms with Crippen molar-refractivity contribution in [2.45, 2.75) is 19.3 Å². The van der Waals surface area contributed by atoms with Gasteiger partial charge in [0, 0.05) is 12.7 Å². The minimum Gasteiger partial charge on any atom is -0.325 e. The average Bonchev–Trinajstić information content (AvgIpc) is 2.77. The first-order valence-electron chi connectivity index (χ1n) is 5.23. The third kappa shape index (κ3) is 2.86. The first kappa shape index (κ1) is 12.6. The molecule has 0 amide bonds. The largest absolute Gasteiger partial charge is 0.419 e. The van der Waals surface area contributed by atoms with E-state index in [9.17, 15) is 13.2 Å². The van der Waals surface area contributed by atoms with E-state index >= 15 is 0 Å². The van der Waals surface area contributed by atoms with Crippen LogP contribution in [0.25, 0.3) is 0 Å². The molecule has 0 aliphatic carbocycles. The summed E-state index contributed by atoms with van der Waals surface area (Å²) < 4.78 is 38.3. The van der Waals surface area contributed by atoms with Gasteiger partial charge in [-0.1, -0.05) is 6.07 Å². The molecule has 0 aliphatic rings. The number of nitrogens with two attached hydrogens (primary N) is 1. The molecule has 96 valence electrons. The van der Waals surface area contributed by atoms with Crippen LogP contribution in [0.5, 0.6) is 0 Å². The summed E-state index contributed by atoms with van der Waals surface area (Å²) in [6.45, 7) is 0.477. The summed E-state index contributed by atoms with van der Waals surface area (Å²) >= 11 is 0. The number of rotatable bonds is 3. The lowest BCUT2D eigenvalue weighted by Crippen LogP contribution is -2.07. The smallest absolute Gasteiger partial charge is 0.325 e. The zero-order valence-electron chi connectivity index (χ0n) is 9.35. The molecule has 2 rings (SSSR count). The Morgan fingerprint density at radius 2 is 1.94 bits per heavy atom. The van der Waals surface area contributed by atoms with E-state index in [0.717, 1.165) is 12.4 Å². The van der Waals surface area contributed by atoms with Crippen molar-refractivity contribution in [3.63, 3.8) is 0 Å². The van der Waals surface area contributed by atoms with Crippen molar-refractivity contribution in [2.24, 2.45) is 5.73 Å². The van der Waals surface area contributed by atoms with Gasteiger partial charge in [-0.05, 0) is 12.1 Å². The topological polar surface area (TPSA) is 56.7 Å². The Morgan fingerprint density at radius 3 is 2.56 bits per heavy atom. The molecule has 0 aliphatic heterocycles. The van der Waals surface area contributed by atoms with Gasteiger partial charge in [-0.25, -0.2) is 0 Å². The fourth-order valence-corrected chi connectivity index (χ4v) is 1.49. The second-order valence-electron chi connectivity index (χ2n) is 3.75. The van der Waals surface area contributed by atoms with Crippen molar-refractivity contribution < 1.29 is 13.2 Å². The van der Waals surface area contributed by atoms with Crippen molar-refractivity contribution in [1.29, 1.82) is 0 Å². The van der Waals surface area contributed by atoms with Gasteiger partial charge in [0.2, 0.25) is 0 Å². The molecule has 4 nitrogen and oxygen atoms in total. The second kappa shape index (κ2) is 4.77. The maximum absolute atomic E-state index is 12.4. The van der Waals surface area contributed by atoms with Crippen molar-refractivity contribution in [1.82, 2.24) is 14.8 Å². The highest BCUT2D eigenvalue weighted by atomic mass is 19.4. The van der Waals surface area contributed by atoms with Gasteiger partial charge < -0.3 is 5.73 Å². The number of halogens is 3. The van der Waals surface area contributed by atoms with Gasteiger partial charge in [0.25, 0.3) is 0 Å². The third-order valence-corrected chi connectivity index (χ3v) is 2.36. The zero-order chi connectivity index (χ0) is 13.2. The Kier molecular flexibility index (Phi) is 3.33.